The van der Waals surface area contributed by atoms with E-state index in [4.69, 9.17) is 9.47 Å². The van der Waals surface area contributed by atoms with Crippen molar-refractivity contribution in [2.24, 2.45) is 5.92 Å². The zero-order valence-corrected chi connectivity index (χ0v) is 19.5. The maximum atomic E-state index is 13.1. The summed E-state index contributed by atoms with van der Waals surface area (Å²) in [4.78, 5) is 13.6. The van der Waals surface area contributed by atoms with Gasteiger partial charge in [-0.05, 0) is 48.2 Å². The number of amides is 1. The minimum Gasteiger partial charge on any atom is -0.454 e. The lowest BCUT2D eigenvalue weighted by atomic mass is 9.97. The van der Waals surface area contributed by atoms with Gasteiger partial charge in [-0.1, -0.05) is 36.4 Å². The van der Waals surface area contributed by atoms with Gasteiger partial charge in [0.1, 0.15) is 4.21 Å². The van der Waals surface area contributed by atoms with Crippen molar-refractivity contribution in [3.63, 3.8) is 0 Å². The highest BCUT2D eigenvalue weighted by atomic mass is 32.2. The van der Waals surface area contributed by atoms with Crippen molar-refractivity contribution < 1.29 is 22.7 Å². The largest absolute Gasteiger partial charge is 0.454 e. The van der Waals surface area contributed by atoms with Gasteiger partial charge in [0.2, 0.25) is 12.7 Å². The Hall–Kier alpha value is -2.88. The fourth-order valence-electron chi connectivity index (χ4n) is 4.09. The molecule has 0 spiro atoms. The lowest BCUT2D eigenvalue weighted by Crippen LogP contribution is -2.42. The average Bonchev–Trinajstić information content (AvgIpc) is 3.53. The van der Waals surface area contributed by atoms with Gasteiger partial charge in [0.15, 0.2) is 11.5 Å². The third-order valence-corrected chi connectivity index (χ3v) is 9.46. The third-order valence-electron chi connectivity index (χ3n) is 5.96. The van der Waals surface area contributed by atoms with Crippen LogP contribution in [0.25, 0.3) is 10.4 Å². The molecular weight excluding hydrogens is 460 g/mol. The number of fused-ring (bicyclic) bond motifs is 1. The first-order valence-corrected chi connectivity index (χ1v) is 13.1. The molecule has 0 bridgehead atoms. The van der Waals surface area contributed by atoms with E-state index in [1.54, 1.807) is 6.07 Å². The van der Waals surface area contributed by atoms with Crippen molar-refractivity contribution in [3.05, 3.63) is 66.2 Å². The molecule has 9 heteroatoms. The topological polar surface area (TPSA) is 84.9 Å². The lowest BCUT2D eigenvalue weighted by Gasteiger charge is -2.30. The van der Waals surface area contributed by atoms with Crippen LogP contribution >= 0.6 is 11.3 Å². The van der Waals surface area contributed by atoms with Gasteiger partial charge in [0, 0.05) is 30.4 Å². The highest BCUT2D eigenvalue weighted by Crippen LogP contribution is 2.34. The fourth-order valence-corrected chi connectivity index (χ4v) is 7.02. The molecule has 1 N–H and O–H groups in total. The summed E-state index contributed by atoms with van der Waals surface area (Å²) in [6.07, 6.45) is 1.01. The van der Waals surface area contributed by atoms with Crippen molar-refractivity contribution in [1.82, 2.24) is 9.62 Å². The molecule has 0 aliphatic carbocycles. The van der Waals surface area contributed by atoms with Gasteiger partial charge in [0.25, 0.3) is 10.0 Å². The minimum atomic E-state index is -3.57. The van der Waals surface area contributed by atoms with Crippen LogP contribution in [0.3, 0.4) is 0 Å². The van der Waals surface area contributed by atoms with Crippen LogP contribution in [0, 0.1) is 5.92 Å². The van der Waals surface area contributed by atoms with Crippen LogP contribution in [-0.4, -0.2) is 38.5 Å². The number of thiophene rings is 1. The summed E-state index contributed by atoms with van der Waals surface area (Å²) in [5, 5.41) is 2.97. The minimum absolute atomic E-state index is 0.0489. The molecule has 3 heterocycles. The van der Waals surface area contributed by atoms with Gasteiger partial charge in [-0.3, -0.25) is 4.79 Å². The second kappa shape index (κ2) is 9.17. The Kier molecular flexibility index (Phi) is 6.09. The van der Waals surface area contributed by atoms with Crippen LogP contribution in [0.1, 0.15) is 18.4 Å². The lowest BCUT2D eigenvalue weighted by molar-refractivity contribution is -0.126. The molecule has 1 amide bonds. The third kappa shape index (κ3) is 4.62. The van der Waals surface area contributed by atoms with Crippen molar-refractivity contribution in [2.75, 3.05) is 19.9 Å². The monoisotopic (exact) mass is 484 g/mol. The second-order valence-electron chi connectivity index (χ2n) is 8.07. The summed E-state index contributed by atoms with van der Waals surface area (Å²) in [6, 6.07) is 18.9. The van der Waals surface area contributed by atoms with Gasteiger partial charge in [-0.2, -0.15) is 4.31 Å². The number of sulfonamides is 1. The molecule has 2 aromatic carbocycles. The molecule has 2 aliphatic rings. The summed E-state index contributed by atoms with van der Waals surface area (Å²) >= 11 is 1.28. The first kappa shape index (κ1) is 21.9. The molecule has 1 saturated heterocycles. The Morgan fingerprint density at radius 2 is 1.76 bits per heavy atom. The zero-order chi connectivity index (χ0) is 22.8. The van der Waals surface area contributed by atoms with Gasteiger partial charge in [-0.15, -0.1) is 11.3 Å². The number of nitrogens with one attached hydrogen (secondary N) is 1. The Morgan fingerprint density at radius 1 is 1.00 bits per heavy atom. The van der Waals surface area contributed by atoms with E-state index in [0.29, 0.717) is 48.2 Å². The normalized spacial score (nSPS) is 16.6. The number of nitrogens with zero attached hydrogens (tertiary/aromatic N) is 1. The summed E-state index contributed by atoms with van der Waals surface area (Å²) in [5.41, 5.74) is 1.93. The van der Waals surface area contributed by atoms with Crippen LogP contribution in [0.4, 0.5) is 0 Å². The standard InChI is InChI=1S/C24H24N2O5S2/c27-24(25-15-17-6-7-20-21(14-17)31-16-30-20)19-10-12-26(13-11-19)33(28,29)23-9-8-22(32-23)18-4-2-1-3-5-18/h1-9,14,19H,10-13,15-16H2,(H,25,27). The predicted molar refractivity (Wildman–Crippen MR) is 126 cm³/mol. The van der Waals surface area contributed by atoms with Crippen LogP contribution in [0.2, 0.25) is 0 Å². The highest BCUT2D eigenvalue weighted by Gasteiger charge is 2.33. The number of rotatable bonds is 6. The van der Waals surface area contributed by atoms with Crippen molar-refractivity contribution >= 4 is 27.3 Å². The quantitative estimate of drug-likeness (QED) is 0.574. The fraction of sp³-hybridized carbons (Fsp3) is 0.292. The van der Waals surface area contributed by atoms with E-state index in [0.717, 1.165) is 16.0 Å². The van der Waals surface area contributed by atoms with E-state index in [-0.39, 0.29) is 18.6 Å². The molecule has 7 nitrogen and oxygen atoms in total. The molecule has 0 saturated carbocycles. The molecule has 5 rings (SSSR count). The summed E-state index contributed by atoms with van der Waals surface area (Å²) in [6.45, 7) is 1.28. The van der Waals surface area contributed by atoms with Gasteiger partial charge in [0.05, 0.1) is 0 Å². The Morgan fingerprint density at radius 3 is 2.55 bits per heavy atom. The molecule has 0 atom stereocenters. The smallest absolute Gasteiger partial charge is 0.252 e. The van der Waals surface area contributed by atoms with Crippen molar-refractivity contribution in [1.29, 1.82) is 0 Å². The molecule has 172 valence electrons. The van der Waals surface area contributed by atoms with Crippen LogP contribution < -0.4 is 14.8 Å². The molecule has 0 radical (unpaired) electrons. The van der Waals surface area contributed by atoms with E-state index >= 15 is 0 Å². The van der Waals surface area contributed by atoms with E-state index in [9.17, 15) is 13.2 Å². The average molecular weight is 485 g/mol. The summed E-state index contributed by atoms with van der Waals surface area (Å²) < 4.78 is 38.8. The molecule has 33 heavy (non-hydrogen) atoms. The summed E-state index contributed by atoms with van der Waals surface area (Å²) in [7, 11) is -3.57. The first-order valence-electron chi connectivity index (χ1n) is 10.8. The van der Waals surface area contributed by atoms with Crippen LogP contribution in [0.15, 0.2) is 64.9 Å². The molecule has 2 aliphatic heterocycles. The Balaban J connectivity index is 1.16. The number of carbonyl (C=O) groups excluding carboxylic acids is 1. The molecule has 3 aromatic rings. The highest BCUT2D eigenvalue weighted by molar-refractivity contribution is 7.91. The number of carbonyl (C=O) groups is 1. The second-order valence-corrected chi connectivity index (χ2v) is 11.3. The van der Waals surface area contributed by atoms with E-state index in [1.807, 2.05) is 54.6 Å². The molecular formula is C24H24N2O5S2. The number of ether oxygens (including phenoxy) is 2. The van der Waals surface area contributed by atoms with Gasteiger partial charge in [-0.25, -0.2) is 8.42 Å². The zero-order valence-electron chi connectivity index (χ0n) is 17.9. The van der Waals surface area contributed by atoms with Gasteiger partial charge < -0.3 is 14.8 Å². The first-order chi connectivity index (χ1) is 16.0. The molecule has 1 aromatic heterocycles. The van der Waals surface area contributed by atoms with E-state index < -0.39 is 10.0 Å². The van der Waals surface area contributed by atoms with Crippen molar-refractivity contribution in [2.45, 2.75) is 23.6 Å². The predicted octanol–water partition coefficient (Wildman–Crippen LogP) is 3.86. The maximum absolute atomic E-state index is 13.1. The van der Waals surface area contributed by atoms with Crippen LogP contribution in [-0.2, 0) is 21.4 Å². The number of piperidine rings is 1. The van der Waals surface area contributed by atoms with E-state index in [1.165, 1.54) is 15.6 Å². The molecule has 1 fully saturated rings. The van der Waals surface area contributed by atoms with E-state index in [2.05, 4.69) is 5.32 Å². The SMILES string of the molecule is O=C(NCc1ccc2c(c1)OCO2)C1CCN(S(=O)(=O)c2ccc(-c3ccccc3)s2)CC1. The van der Waals surface area contributed by atoms with Crippen LogP contribution in [0.5, 0.6) is 11.5 Å². The Bertz CT molecular complexity index is 1250. The maximum Gasteiger partial charge on any atom is 0.252 e. The number of benzene rings is 2. The van der Waals surface area contributed by atoms with Gasteiger partial charge >= 0.3 is 0 Å². The molecule has 0 unspecified atom stereocenters. The summed E-state index contributed by atoms with van der Waals surface area (Å²) in [5.74, 6) is 1.14. The number of hydrogen-bond acceptors (Lipinski definition) is 6. The number of hydrogen-bond donors (Lipinski definition) is 1. The van der Waals surface area contributed by atoms with Crippen molar-refractivity contribution in [3.8, 4) is 21.9 Å². The Labute approximate surface area is 197 Å².